The second kappa shape index (κ2) is 10.6. The van der Waals surface area contributed by atoms with Crippen molar-refractivity contribution >= 4 is 40.8 Å². The number of benzene rings is 1. The number of nitrogens with one attached hydrogen (secondary N) is 3. The molecule has 1 heterocycles. The second-order valence-electron chi connectivity index (χ2n) is 5.34. The molecule has 1 aromatic carbocycles. The molecule has 0 saturated heterocycles. The number of amides is 2. The number of anilines is 1. The highest BCUT2D eigenvalue weighted by molar-refractivity contribution is 7.80. The lowest BCUT2D eigenvalue weighted by Crippen LogP contribution is -2.34. The van der Waals surface area contributed by atoms with E-state index >= 15 is 0 Å². The minimum absolute atomic E-state index is 0.0233. The fourth-order valence-corrected chi connectivity index (χ4v) is 2.32. The smallest absolute Gasteiger partial charge is 0.330 e. The number of carbonyl (C=O) groups is 3. The average Bonchev–Trinajstić information content (AvgIpc) is 3.18. The third kappa shape index (κ3) is 6.69. The summed E-state index contributed by atoms with van der Waals surface area (Å²) in [6.45, 7) is 2.11. The van der Waals surface area contributed by atoms with Gasteiger partial charge in [-0.25, -0.2) is 4.79 Å². The number of hydrogen-bond donors (Lipinski definition) is 3. The molecular formula is C19H19N3O5S. The van der Waals surface area contributed by atoms with E-state index in [1.54, 1.807) is 43.3 Å². The van der Waals surface area contributed by atoms with Gasteiger partial charge in [0.15, 0.2) is 5.11 Å². The first-order valence-electron chi connectivity index (χ1n) is 8.36. The van der Waals surface area contributed by atoms with Gasteiger partial charge in [-0.05, 0) is 43.4 Å². The molecule has 8 nitrogen and oxygen atoms in total. The van der Waals surface area contributed by atoms with Crippen LogP contribution >= 0.6 is 12.2 Å². The van der Waals surface area contributed by atoms with Gasteiger partial charge < -0.3 is 19.8 Å². The summed E-state index contributed by atoms with van der Waals surface area (Å²) >= 11 is 5.08. The minimum Gasteiger partial charge on any atom is -0.467 e. The predicted molar refractivity (Wildman–Crippen MR) is 106 cm³/mol. The lowest BCUT2D eigenvalue weighted by Gasteiger charge is -2.12. The van der Waals surface area contributed by atoms with Crippen LogP contribution in [-0.4, -0.2) is 29.5 Å². The minimum atomic E-state index is -0.630. The molecule has 0 aliphatic carbocycles. The summed E-state index contributed by atoms with van der Waals surface area (Å²) in [7, 11) is 0. The quantitative estimate of drug-likeness (QED) is 0.370. The van der Waals surface area contributed by atoms with Crippen molar-refractivity contribution in [2.45, 2.75) is 13.5 Å². The molecule has 9 heteroatoms. The van der Waals surface area contributed by atoms with Crippen LogP contribution in [-0.2, 0) is 20.9 Å². The van der Waals surface area contributed by atoms with Gasteiger partial charge in [0.2, 0.25) is 5.91 Å². The van der Waals surface area contributed by atoms with E-state index in [1.165, 1.54) is 6.26 Å². The first-order valence-corrected chi connectivity index (χ1v) is 8.76. The molecule has 0 fully saturated rings. The highest BCUT2D eigenvalue weighted by Crippen LogP contribution is 2.15. The van der Waals surface area contributed by atoms with Crippen LogP contribution in [0.5, 0.6) is 0 Å². The molecule has 0 aliphatic rings. The van der Waals surface area contributed by atoms with Crippen molar-refractivity contribution in [1.82, 2.24) is 10.6 Å². The van der Waals surface area contributed by atoms with Crippen molar-refractivity contribution in [2.24, 2.45) is 0 Å². The monoisotopic (exact) mass is 401 g/mol. The van der Waals surface area contributed by atoms with Crippen molar-refractivity contribution < 1.29 is 23.5 Å². The summed E-state index contributed by atoms with van der Waals surface area (Å²) in [5, 5.41) is 7.89. The molecule has 0 unspecified atom stereocenters. The SMILES string of the molecule is CCOC(=O)/C=C/C(=O)NC(=S)Nc1ccccc1C(=O)NCc1ccco1. The van der Waals surface area contributed by atoms with Crippen LogP contribution in [0.25, 0.3) is 0 Å². The maximum atomic E-state index is 12.4. The number of ether oxygens (including phenoxy) is 1. The number of thiocarbonyl (C=S) groups is 1. The van der Waals surface area contributed by atoms with Gasteiger partial charge in [0.05, 0.1) is 30.7 Å². The van der Waals surface area contributed by atoms with E-state index in [0.29, 0.717) is 17.0 Å². The van der Waals surface area contributed by atoms with Crippen LogP contribution in [0.2, 0.25) is 0 Å². The number of para-hydroxylation sites is 1. The normalized spacial score (nSPS) is 10.3. The van der Waals surface area contributed by atoms with E-state index in [0.717, 1.165) is 12.2 Å². The summed E-state index contributed by atoms with van der Waals surface area (Å²) in [5.41, 5.74) is 0.756. The summed E-state index contributed by atoms with van der Waals surface area (Å²) in [5.74, 6) is -0.953. The third-order valence-electron chi connectivity index (χ3n) is 3.32. The zero-order valence-corrected chi connectivity index (χ0v) is 15.9. The van der Waals surface area contributed by atoms with Crippen molar-refractivity contribution in [1.29, 1.82) is 0 Å². The lowest BCUT2D eigenvalue weighted by molar-refractivity contribution is -0.137. The molecule has 146 valence electrons. The number of furan rings is 1. The van der Waals surface area contributed by atoms with Crippen molar-refractivity contribution in [3.8, 4) is 0 Å². The van der Waals surface area contributed by atoms with Gasteiger partial charge in [0, 0.05) is 12.2 Å². The molecule has 0 radical (unpaired) electrons. The molecular weight excluding hydrogens is 382 g/mol. The summed E-state index contributed by atoms with van der Waals surface area (Å²) in [6, 6.07) is 10.2. The highest BCUT2D eigenvalue weighted by atomic mass is 32.1. The van der Waals surface area contributed by atoms with E-state index in [9.17, 15) is 14.4 Å². The van der Waals surface area contributed by atoms with Crippen LogP contribution in [0.1, 0.15) is 23.0 Å². The van der Waals surface area contributed by atoms with Gasteiger partial charge in [-0.1, -0.05) is 12.1 Å². The number of esters is 1. The molecule has 2 aromatic rings. The van der Waals surface area contributed by atoms with Crippen LogP contribution in [0.4, 0.5) is 5.69 Å². The molecule has 0 spiro atoms. The van der Waals surface area contributed by atoms with Gasteiger partial charge in [-0.2, -0.15) is 0 Å². The Balaban J connectivity index is 1.94. The van der Waals surface area contributed by atoms with Gasteiger partial charge in [-0.3, -0.25) is 14.9 Å². The Morgan fingerprint density at radius 3 is 2.64 bits per heavy atom. The van der Waals surface area contributed by atoms with Crippen molar-refractivity contribution in [3.05, 3.63) is 66.1 Å². The highest BCUT2D eigenvalue weighted by Gasteiger charge is 2.13. The van der Waals surface area contributed by atoms with Crippen molar-refractivity contribution in [2.75, 3.05) is 11.9 Å². The Labute approximate surface area is 166 Å². The van der Waals surface area contributed by atoms with Gasteiger partial charge in [0.1, 0.15) is 5.76 Å². The first-order chi connectivity index (χ1) is 13.5. The molecule has 3 N–H and O–H groups in total. The predicted octanol–water partition coefficient (Wildman–Crippen LogP) is 2.14. The molecule has 0 saturated carbocycles. The maximum absolute atomic E-state index is 12.4. The average molecular weight is 401 g/mol. The Kier molecular flexibility index (Phi) is 7.92. The van der Waals surface area contributed by atoms with E-state index < -0.39 is 11.9 Å². The van der Waals surface area contributed by atoms with E-state index in [1.807, 2.05) is 0 Å². The molecule has 1 aromatic heterocycles. The van der Waals surface area contributed by atoms with Crippen LogP contribution in [0, 0.1) is 0 Å². The number of rotatable bonds is 7. The van der Waals surface area contributed by atoms with E-state index in [4.69, 9.17) is 16.6 Å². The van der Waals surface area contributed by atoms with E-state index in [-0.39, 0.29) is 24.2 Å². The van der Waals surface area contributed by atoms with Crippen molar-refractivity contribution in [3.63, 3.8) is 0 Å². The molecule has 28 heavy (non-hydrogen) atoms. The Morgan fingerprint density at radius 2 is 1.93 bits per heavy atom. The summed E-state index contributed by atoms with van der Waals surface area (Å²) < 4.78 is 9.85. The fraction of sp³-hybridized carbons (Fsp3) is 0.158. The van der Waals surface area contributed by atoms with Gasteiger partial charge >= 0.3 is 5.97 Å². The number of carbonyl (C=O) groups excluding carboxylic acids is 3. The second-order valence-corrected chi connectivity index (χ2v) is 5.74. The Hall–Kier alpha value is -3.46. The molecule has 0 bridgehead atoms. The van der Waals surface area contributed by atoms with E-state index in [2.05, 4.69) is 20.7 Å². The topological polar surface area (TPSA) is 110 Å². The standard InChI is InChI=1S/C19H19N3O5S/c1-2-26-17(24)10-9-16(23)22-19(28)21-15-8-4-3-7-14(15)18(25)20-12-13-6-5-11-27-13/h3-11H,2,12H2,1H3,(H,20,25)(H2,21,22,23,28)/b10-9+. The van der Waals surface area contributed by atoms with Gasteiger partial charge in [-0.15, -0.1) is 0 Å². The molecule has 2 rings (SSSR count). The fourth-order valence-electron chi connectivity index (χ4n) is 2.11. The van der Waals surface area contributed by atoms with Crippen LogP contribution in [0.15, 0.2) is 59.2 Å². The third-order valence-corrected chi connectivity index (χ3v) is 3.52. The van der Waals surface area contributed by atoms with Crippen LogP contribution < -0.4 is 16.0 Å². The molecule has 0 atom stereocenters. The molecule has 2 amide bonds. The Morgan fingerprint density at radius 1 is 1.14 bits per heavy atom. The zero-order valence-electron chi connectivity index (χ0n) is 15.1. The number of hydrogen-bond acceptors (Lipinski definition) is 6. The summed E-state index contributed by atoms with van der Waals surface area (Å²) in [4.78, 5) is 35.4. The Bertz CT molecular complexity index is 877. The van der Waals surface area contributed by atoms with Crippen LogP contribution in [0.3, 0.4) is 0 Å². The largest absolute Gasteiger partial charge is 0.467 e. The summed E-state index contributed by atoms with van der Waals surface area (Å²) in [6.07, 6.45) is 3.53. The molecule has 0 aliphatic heterocycles. The maximum Gasteiger partial charge on any atom is 0.330 e. The lowest BCUT2D eigenvalue weighted by atomic mass is 10.1. The first kappa shape index (κ1) is 20.8. The zero-order chi connectivity index (χ0) is 20.4. The van der Waals surface area contributed by atoms with Gasteiger partial charge in [0.25, 0.3) is 5.91 Å².